The molecule has 0 saturated carbocycles. The highest BCUT2D eigenvalue weighted by Crippen LogP contribution is 2.21. The first-order valence-electron chi connectivity index (χ1n) is 7.70. The molecule has 0 bridgehead atoms. The Hall–Kier alpha value is -2.85. The van der Waals surface area contributed by atoms with Gasteiger partial charge in [0.25, 0.3) is 0 Å². The molecule has 1 amide bonds. The maximum atomic E-state index is 12.1. The summed E-state index contributed by atoms with van der Waals surface area (Å²) in [7, 11) is 0. The third-order valence-electron chi connectivity index (χ3n) is 3.41. The molecule has 10 heteroatoms. The zero-order valence-electron chi connectivity index (χ0n) is 13.7. The minimum absolute atomic E-state index is 0.177. The van der Waals surface area contributed by atoms with Crippen molar-refractivity contribution in [1.82, 2.24) is 30.0 Å². The molecule has 0 aliphatic heterocycles. The lowest BCUT2D eigenvalue weighted by Crippen LogP contribution is -2.14. The Kier molecular flexibility index (Phi) is 4.59. The van der Waals surface area contributed by atoms with Crippen molar-refractivity contribution in [2.24, 2.45) is 0 Å². The predicted octanol–water partition coefficient (Wildman–Crippen LogP) is 2.68. The van der Waals surface area contributed by atoms with Crippen molar-refractivity contribution in [3.8, 4) is 11.3 Å². The maximum Gasteiger partial charge on any atom is 0.236 e. The minimum atomic E-state index is -0.179. The summed E-state index contributed by atoms with van der Waals surface area (Å²) in [5, 5.41) is 25.1. The first-order valence-corrected chi connectivity index (χ1v) is 9.50. The van der Waals surface area contributed by atoms with E-state index in [-0.39, 0.29) is 11.7 Å². The fraction of sp³-hybridized carbons (Fsp3) is 0.125. The smallest absolute Gasteiger partial charge is 0.236 e. The van der Waals surface area contributed by atoms with Crippen LogP contribution in [-0.2, 0) is 4.79 Å². The summed E-state index contributed by atoms with van der Waals surface area (Å²) < 4.78 is 1.65. The number of aromatic nitrogens is 6. The lowest BCUT2D eigenvalue weighted by Gasteiger charge is -2.03. The van der Waals surface area contributed by atoms with Crippen LogP contribution in [0.2, 0.25) is 0 Å². The van der Waals surface area contributed by atoms with E-state index in [0.29, 0.717) is 15.9 Å². The Morgan fingerprint density at radius 1 is 1.12 bits per heavy atom. The number of fused-ring (bicyclic) bond motifs is 1. The van der Waals surface area contributed by atoms with Gasteiger partial charge in [-0.05, 0) is 19.1 Å². The van der Waals surface area contributed by atoms with E-state index in [0.717, 1.165) is 16.3 Å². The van der Waals surface area contributed by atoms with Crippen LogP contribution in [0.3, 0.4) is 0 Å². The van der Waals surface area contributed by atoms with E-state index < -0.39 is 0 Å². The van der Waals surface area contributed by atoms with Gasteiger partial charge in [-0.15, -0.1) is 20.4 Å². The molecule has 3 aromatic heterocycles. The molecule has 1 aromatic carbocycles. The second-order valence-electron chi connectivity index (χ2n) is 5.30. The van der Waals surface area contributed by atoms with Crippen molar-refractivity contribution < 1.29 is 4.79 Å². The van der Waals surface area contributed by atoms with Crippen LogP contribution in [0.1, 0.15) is 5.01 Å². The molecule has 8 nitrogen and oxygen atoms in total. The number of hydrogen-bond donors (Lipinski definition) is 1. The van der Waals surface area contributed by atoms with Crippen LogP contribution < -0.4 is 5.32 Å². The number of anilines is 1. The molecule has 3 heterocycles. The summed E-state index contributed by atoms with van der Waals surface area (Å²) >= 11 is 2.60. The zero-order chi connectivity index (χ0) is 17.9. The van der Waals surface area contributed by atoms with Crippen molar-refractivity contribution in [2.45, 2.75) is 12.1 Å². The standard InChI is InChI=1S/C16H13N7OS2/c1-10-18-20-15(26-10)17-14(24)9-25-16-21-19-13-8-7-12(22-23(13)16)11-5-3-2-4-6-11/h2-8H,9H2,1H3,(H,17,20,24). The number of nitrogens with one attached hydrogen (secondary N) is 1. The molecule has 4 rings (SSSR count). The number of thioether (sulfide) groups is 1. The Morgan fingerprint density at radius 3 is 2.73 bits per heavy atom. The summed E-state index contributed by atoms with van der Waals surface area (Å²) in [6.45, 7) is 1.83. The van der Waals surface area contributed by atoms with E-state index in [1.54, 1.807) is 4.52 Å². The SMILES string of the molecule is Cc1nnc(NC(=O)CSc2nnc3ccc(-c4ccccc4)nn23)s1. The molecular formula is C16H13N7OS2. The van der Waals surface area contributed by atoms with Gasteiger partial charge in [-0.2, -0.15) is 9.61 Å². The fourth-order valence-corrected chi connectivity index (χ4v) is 3.55. The van der Waals surface area contributed by atoms with E-state index in [1.165, 1.54) is 23.1 Å². The lowest BCUT2D eigenvalue weighted by molar-refractivity contribution is -0.113. The summed E-state index contributed by atoms with van der Waals surface area (Å²) in [6, 6.07) is 13.6. The maximum absolute atomic E-state index is 12.1. The topological polar surface area (TPSA) is 98.0 Å². The number of amides is 1. The van der Waals surface area contributed by atoms with Gasteiger partial charge in [0.15, 0.2) is 5.65 Å². The molecular weight excluding hydrogens is 370 g/mol. The van der Waals surface area contributed by atoms with Crippen LogP contribution in [0.15, 0.2) is 47.6 Å². The summed E-state index contributed by atoms with van der Waals surface area (Å²) in [5.74, 6) is -0.00135. The van der Waals surface area contributed by atoms with Gasteiger partial charge in [-0.3, -0.25) is 10.1 Å². The number of benzene rings is 1. The van der Waals surface area contributed by atoms with E-state index in [2.05, 4.69) is 30.8 Å². The Bertz CT molecular complexity index is 1060. The monoisotopic (exact) mass is 383 g/mol. The Labute approximate surface area is 156 Å². The van der Waals surface area contributed by atoms with Crippen molar-refractivity contribution in [1.29, 1.82) is 0 Å². The van der Waals surface area contributed by atoms with Gasteiger partial charge in [-0.25, -0.2) is 0 Å². The first kappa shape index (κ1) is 16.6. The third-order valence-corrected chi connectivity index (χ3v) is 5.08. The summed E-state index contributed by atoms with van der Waals surface area (Å²) in [5.41, 5.74) is 2.45. The molecule has 0 spiro atoms. The van der Waals surface area contributed by atoms with E-state index in [1.807, 2.05) is 49.4 Å². The normalized spacial score (nSPS) is 11.0. The Balaban J connectivity index is 1.50. The van der Waals surface area contributed by atoms with E-state index >= 15 is 0 Å². The van der Waals surface area contributed by atoms with Gasteiger partial charge >= 0.3 is 0 Å². The quantitative estimate of drug-likeness (QED) is 0.529. The van der Waals surface area contributed by atoms with Crippen LogP contribution in [0, 0.1) is 6.92 Å². The van der Waals surface area contributed by atoms with Crippen molar-refractivity contribution in [3.63, 3.8) is 0 Å². The molecule has 1 N–H and O–H groups in total. The highest BCUT2D eigenvalue weighted by Gasteiger charge is 2.12. The lowest BCUT2D eigenvalue weighted by atomic mass is 10.1. The number of carbonyl (C=O) groups excluding carboxylic acids is 1. The zero-order valence-corrected chi connectivity index (χ0v) is 15.3. The molecule has 0 radical (unpaired) electrons. The molecule has 0 unspecified atom stereocenters. The van der Waals surface area contributed by atoms with Gasteiger partial charge < -0.3 is 0 Å². The molecule has 0 fully saturated rings. The molecule has 0 aliphatic rings. The molecule has 0 aliphatic carbocycles. The third kappa shape index (κ3) is 3.55. The molecule has 4 aromatic rings. The van der Waals surface area contributed by atoms with Gasteiger partial charge in [-0.1, -0.05) is 53.4 Å². The summed E-state index contributed by atoms with van der Waals surface area (Å²) in [4.78, 5) is 12.1. The minimum Gasteiger partial charge on any atom is -0.300 e. The molecule has 26 heavy (non-hydrogen) atoms. The van der Waals surface area contributed by atoms with Crippen molar-refractivity contribution in [2.75, 3.05) is 11.1 Å². The van der Waals surface area contributed by atoms with Crippen LogP contribution in [0.25, 0.3) is 16.9 Å². The molecule has 0 atom stereocenters. The highest BCUT2D eigenvalue weighted by atomic mass is 32.2. The first-order chi connectivity index (χ1) is 12.7. The second-order valence-corrected chi connectivity index (χ2v) is 7.42. The number of rotatable bonds is 5. The van der Waals surface area contributed by atoms with Gasteiger partial charge in [0, 0.05) is 5.56 Å². The molecule has 130 valence electrons. The van der Waals surface area contributed by atoms with E-state index in [4.69, 9.17) is 0 Å². The predicted molar refractivity (Wildman–Crippen MR) is 100 cm³/mol. The number of nitrogens with zero attached hydrogens (tertiary/aromatic N) is 6. The van der Waals surface area contributed by atoms with Gasteiger partial charge in [0.1, 0.15) is 5.01 Å². The number of carbonyl (C=O) groups is 1. The van der Waals surface area contributed by atoms with Gasteiger partial charge in [0.2, 0.25) is 16.2 Å². The average Bonchev–Trinajstić information content (AvgIpc) is 3.26. The van der Waals surface area contributed by atoms with Crippen LogP contribution in [-0.4, -0.2) is 41.7 Å². The number of aryl methyl sites for hydroxylation is 1. The van der Waals surface area contributed by atoms with E-state index in [9.17, 15) is 4.79 Å². The van der Waals surface area contributed by atoms with Crippen molar-refractivity contribution >= 4 is 39.8 Å². The van der Waals surface area contributed by atoms with Crippen LogP contribution >= 0.6 is 23.1 Å². The van der Waals surface area contributed by atoms with Crippen LogP contribution in [0.5, 0.6) is 0 Å². The largest absolute Gasteiger partial charge is 0.300 e. The second kappa shape index (κ2) is 7.18. The number of hydrogen-bond acceptors (Lipinski definition) is 8. The fourth-order valence-electron chi connectivity index (χ4n) is 2.25. The highest BCUT2D eigenvalue weighted by molar-refractivity contribution is 7.99. The Morgan fingerprint density at radius 2 is 1.96 bits per heavy atom. The van der Waals surface area contributed by atoms with Crippen LogP contribution in [0.4, 0.5) is 5.13 Å². The summed E-state index contributed by atoms with van der Waals surface area (Å²) in [6.07, 6.45) is 0. The molecule has 0 saturated heterocycles. The average molecular weight is 383 g/mol. The van der Waals surface area contributed by atoms with Crippen molar-refractivity contribution in [3.05, 3.63) is 47.5 Å². The van der Waals surface area contributed by atoms with Gasteiger partial charge in [0.05, 0.1) is 11.4 Å².